The van der Waals surface area contributed by atoms with E-state index in [4.69, 9.17) is 0 Å². The number of nitrogens with one attached hydrogen (secondary N) is 1. The van der Waals surface area contributed by atoms with E-state index in [2.05, 4.69) is 46.3 Å². The maximum Gasteiger partial charge on any atom is 0.0695 e. The summed E-state index contributed by atoms with van der Waals surface area (Å²) in [4.78, 5) is 2.47. The van der Waals surface area contributed by atoms with Crippen molar-refractivity contribution in [1.29, 1.82) is 0 Å². The lowest BCUT2D eigenvalue weighted by Gasteiger charge is -2.40. The van der Waals surface area contributed by atoms with Crippen molar-refractivity contribution in [3.05, 3.63) is 42.1 Å². The molecule has 1 aromatic heterocycles. The number of likely N-dealkylation sites (tertiary alicyclic amines) is 1. The summed E-state index contributed by atoms with van der Waals surface area (Å²) in [5.74, 6) is 0. The third kappa shape index (κ3) is 3.08. The van der Waals surface area contributed by atoms with Gasteiger partial charge in [0.1, 0.15) is 0 Å². The molecule has 1 aliphatic heterocycles. The molecular formula is C18H25N3O. The van der Waals surface area contributed by atoms with Gasteiger partial charge in [0.2, 0.25) is 0 Å². The maximum atomic E-state index is 9.64. The van der Waals surface area contributed by atoms with E-state index in [1.165, 1.54) is 11.1 Å². The number of aromatic amines is 1. The van der Waals surface area contributed by atoms with Gasteiger partial charge in [-0.2, -0.15) is 5.10 Å². The van der Waals surface area contributed by atoms with Crippen molar-refractivity contribution in [2.75, 3.05) is 19.7 Å². The molecule has 1 fully saturated rings. The molecule has 22 heavy (non-hydrogen) atoms. The van der Waals surface area contributed by atoms with Crippen LogP contribution in [0.4, 0.5) is 0 Å². The van der Waals surface area contributed by atoms with Crippen molar-refractivity contribution in [3.63, 3.8) is 0 Å². The van der Waals surface area contributed by atoms with E-state index in [1.54, 1.807) is 0 Å². The summed E-state index contributed by atoms with van der Waals surface area (Å²) in [6, 6.07) is 10.4. The van der Waals surface area contributed by atoms with E-state index < -0.39 is 0 Å². The van der Waals surface area contributed by atoms with Crippen LogP contribution in [0.25, 0.3) is 11.3 Å². The summed E-state index contributed by atoms with van der Waals surface area (Å²) in [5, 5.41) is 17.0. The topological polar surface area (TPSA) is 52.1 Å². The van der Waals surface area contributed by atoms with E-state index in [1.807, 2.05) is 12.3 Å². The first kappa shape index (κ1) is 15.3. The zero-order valence-electron chi connectivity index (χ0n) is 13.3. The Morgan fingerprint density at radius 3 is 2.59 bits per heavy atom. The second-order valence-corrected chi connectivity index (χ2v) is 6.42. The molecule has 2 N–H and O–H groups in total. The second-order valence-electron chi connectivity index (χ2n) is 6.42. The van der Waals surface area contributed by atoms with E-state index >= 15 is 0 Å². The highest BCUT2D eigenvalue weighted by atomic mass is 16.3. The van der Waals surface area contributed by atoms with Crippen LogP contribution >= 0.6 is 0 Å². The highest BCUT2D eigenvalue weighted by Crippen LogP contribution is 2.35. The standard InChI is InChI=1S/C18H25N3O/c1-2-18(14-22)8-10-21(11-9-18)13-16-12-19-20-17(16)15-6-4-3-5-7-15/h3-7,12,22H,2,8-11,13-14H2,1H3,(H,19,20). The van der Waals surface area contributed by atoms with Gasteiger partial charge in [0, 0.05) is 18.7 Å². The van der Waals surface area contributed by atoms with Crippen LogP contribution in [0, 0.1) is 5.41 Å². The molecule has 2 heterocycles. The Morgan fingerprint density at radius 1 is 1.23 bits per heavy atom. The number of hydrogen-bond acceptors (Lipinski definition) is 3. The predicted molar refractivity (Wildman–Crippen MR) is 88.3 cm³/mol. The lowest BCUT2D eigenvalue weighted by molar-refractivity contribution is 0.0383. The van der Waals surface area contributed by atoms with Crippen molar-refractivity contribution in [2.24, 2.45) is 5.41 Å². The third-order valence-corrected chi connectivity index (χ3v) is 5.18. The highest BCUT2D eigenvalue weighted by Gasteiger charge is 2.32. The quantitative estimate of drug-likeness (QED) is 0.892. The second kappa shape index (κ2) is 6.63. The predicted octanol–water partition coefficient (Wildman–Crippen LogP) is 3.06. The molecule has 0 unspecified atom stereocenters. The van der Waals surface area contributed by atoms with Crippen molar-refractivity contribution < 1.29 is 5.11 Å². The molecule has 0 spiro atoms. The molecule has 4 nitrogen and oxygen atoms in total. The van der Waals surface area contributed by atoms with Gasteiger partial charge in [-0.1, -0.05) is 37.3 Å². The van der Waals surface area contributed by atoms with Gasteiger partial charge in [-0.3, -0.25) is 10.00 Å². The molecule has 4 heteroatoms. The van der Waals surface area contributed by atoms with Crippen LogP contribution in [0.15, 0.2) is 36.5 Å². The van der Waals surface area contributed by atoms with E-state index in [9.17, 15) is 5.11 Å². The van der Waals surface area contributed by atoms with Gasteiger partial charge in [-0.25, -0.2) is 0 Å². The number of aliphatic hydroxyl groups excluding tert-OH is 1. The first-order chi connectivity index (χ1) is 10.8. The number of aliphatic hydroxyl groups is 1. The molecule has 0 aliphatic carbocycles. The summed E-state index contributed by atoms with van der Waals surface area (Å²) >= 11 is 0. The van der Waals surface area contributed by atoms with Crippen LogP contribution < -0.4 is 0 Å². The third-order valence-electron chi connectivity index (χ3n) is 5.18. The van der Waals surface area contributed by atoms with E-state index in [0.29, 0.717) is 6.61 Å². The minimum Gasteiger partial charge on any atom is -0.396 e. The maximum absolute atomic E-state index is 9.64. The number of H-pyrrole nitrogens is 1. The fourth-order valence-corrected chi connectivity index (χ4v) is 3.34. The molecule has 0 bridgehead atoms. The average molecular weight is 299 g/mol. The summed E-state index contributed by atoms with van der Waals surface area (Å²) in [5.41, 5.74) is 3.70. The Labute approximate surface area is 132 Å². The molecule has 1 aromatic carbocycles. The molecule has 0 saturated carbocycles. The van der Waals surface area contributed by atoms with Crippen molar-refractivity contribution in [2.45, 2.75) is 32.7 Å². The van der Waals surface area contributed by atoms with Crippen LogP contribution in [0.1, 0.15) is 31.7 Å². The number of piperidine rings is 1. The zero-order valence-corrected chi connectivity index (χ0v) is 13.3. The van der Waals surface area contributed by atoms with Crippen molar-refractivity contribution in [3.8, 4) is 11.3 Å². The molecule has 1 aliphatic rings. The lowest BCUT2D eigenvalue weighted by atomic mass is 9.77. The normalized spacial score (nSPS) is 18.5. The Morgan fingerprint density at radius 2 is 1.95 bits per heavy atom. The minimum atomic E-state index is 0.148. The Hall–Kier alpha value is -1.65. The lowest BCUT2D eigenvalue weighted by Crippen LogP contribution is -2.41. The summed E-state index contributed by atoms with van der Waals surface area (Å²) in [6.07, 6.45) is 5.17. The molecular weight excluding hydrogens is 274 g/mol. The fourth-order valence-electron chi connectivity index (χ4n) is 3.34. The van der Waals surface area contributed by atoms with Gasteiger partial charge in [0.25, 0.3) is 0 Å². The fraction of sp³-hybridized carbons (Fsp3) is 0.500. The monoisotopic (exact) mass is 299 g/mol. The Bertz CT molecular complexity index is 579. The van der Waals surface area contributed by atoms with Crippen molar-refractivity contribution in [1.82, 2.24) is 15.1 Å². The number of aromatic nitrogens is 2. The van der Waals surface area contributed by atoms with E-state index in [-0.39, 0.29) is 5.41 Å². The average Bonchev–Trinajstić information content (AvgIpc) is 3.05. The minimum absolute atomic E-state index is 0.148. The summed E-state index contributed by atoms with van der Waals surface area (Å²) in [6.45, 7) is 5.53. The molecule has 2 aromatic rings. The Balaban J connectivity index is 1.67. The smallest absolute Gasteiger partial charge is 0.0695 e. The van der Waals surface area contributed by atoms with Gasteiger partial charge in [-0.05, 0) is 43.3 Å². The molecule has 0 atom stereocenters. The molecule has 0 radical (unpaired) electrons. The molecule has 1 saturated heterocycles. The first-order valence-electron chi connectivity index (χ1n) is 8.17. The van der Waals surface area contributed by atoms with Gasteiger partial charge < -0.3 is 5.11 Å². The number of benzene rings is 1. The van der Waals surface area contributed by atoms with Crippen LogP contribution in [0.3, 0.4) is 0 Å². The van der Waals surface area contributed by atoms with E-state index in [0.717, 1.165) is 44.6 Å². The highest BCUT2D eigenvalue weighted by molar-refractivity contribution is 5.62. The molecule has 118 valence electrons. The number of rotatable bonds is 5. The molecule has 3 rings (SSSR count). The van der Waals surface area contributed by atoms with Gasteiger partial charge >= 0.3 is 0 Å². The summed E-state index contributed by atoms with van der Waals surface area (Å²) in [7, 11) is 0. The number of nitrogens with zero attached hydrogens (tertiary/aromatic N) is 2. The zero-order chi connectivity index (χ0) is 15.4. The molecule has 0 amide bonds. The van der Waals surface area contributed by atoms with Crippen LogP contribution in [0.2, 0.25) is 0 Å². The largest absolute Gasteiger partial charge is 0.396 e. The first-order valence-corrected chi connectivity index (χ1v) is 8.17. The van der Waals surface area contributed by atoms with Crippen LogP contribution in [0.5, 0.6) is 0 Å². The van der Waals surface area contributed by atoms with Gasteiger partial charge in [0.15, 0.2) is 0 Å². The SMILES string of the molecule is CCC1(CO)CCN(Cc2cn[nH]c2-c2ccccc2)CC1. The van der Waals surface area contributed by atoms with Crippen molar-refractivity contribution >= 4 is 0 Å². The van der Waals surface area contributed by atoms with Gasteiger partial charge in [-0.15, -0.1) is 0 Å². The van der Waals surface area contributed by atoms with Gasteiger partial charge in [0.05, 0.1) is 11.9 Å². The summed E-state index contributed by atoms with van der Waals surface area (Å²) < 4.78 is 0. The van der Waals surface area contributed by atoms with Crippen LogP contribution in [-0.4, -0.2) is 39.9 Å². The number of hydrogen-bond donors (Lipinski definition) is 2. The van der Waals surface area contributed by atoms with Crippen LogP contribution in [-0.2, 0) is 6.54 Å². The Kier molecular flexibility index (Phi) is 4.60.